The number of ketones is 1. The van der Waals surface area contributed by atoms with E-state index >= 15 is 0 Å². The van der Waals surface area contributed by atoms with E-state index in [2.05, 4.69) is 0 Å². The first-order chi connectivity index (χ1) is 4.61. The molecule has 0 fully saturated rings. The summed E-state index contributed by atoms with van der Waals surface area (Å²) in [6, 6.07) is 0. The zero-order valence-corrected chi connectivity index (χ0v) is 6.55. The van der Waals surface area contributed by atoms with Gasteiger partial charge < -0.3 is 4.74 Å². The Hall–Kier alpha value is -0.790. The molecular weight excluding hydrogens is 128 g/mol. The summed E-state index contributed by atoms with van der Waals surface area (Å²) >= 11 is 0. The highest BCUT2D eigenvalue weighted by atomic mass is 16.5. The van der Waals surface area contributed by atoms with E-state index in [1.165, 1.54) is 0 Å². The van der Waals surface area contributed by atoms with Crippen LogP contribution >= 0.6 is 0 Å². The SMILES string of the molecule is CC(C)C1=CC(=O)C(C)O1. The van der Waals surface area contributed by atoms with Crippen LogP contribution in [0.15, 0.2) is 11.8 Å². The van der Waals surface area contributed by atoms with Crippen LogP contribution in [0.1, 0.15) is 20.8 Å². The van der Waals surface area contributed by atoms with Gasteiger partial charge in [0.2, 0.25) is 0 Å². The zero-order valence-electron chi connectivity index (χ0n) is 6.55. The Labute approximate surface area is 60.9 Å². The number of carbonyl (C=O) groups is 1. The first kappa shape index (κ1) is 7.32. The van der Waals surface area contributed by atoms with Crippen LogP contribution in [-0.2, 0) is 9.53 Å². The number of allylic oxidation sites excluding steroid dienone is 1. The molecule has 0 aliphatic carbocycles. The topological polar surface area (TPSA) is 26.3 Å². The lowest BCUT2D eigenvalue weighted by molar-refractivity contribution is -0.119. The lowest BCUT2D eigenvalue weighted by atomic mass is 10.1. The Balaban J connectivity index is 2.67. The molecule has 0 amide bonds. The Morgan fingerprint density at radius 1 is 1.60 bits per heavy atom. The summed E-state index contributed by atoms with van der Waals surface area (Å²) in [5.41, 5.74) is 0. The maximum absolute atomic E-state index is 10.9. The fourth-order valence-corrected chi connectivity index (χ4v) is 0.857. The molecule has 1 aliphatic heterocycles. The second-order valence-corrected chi connectivity index (χ2v) is 2.86. The van der Waals surface area contributed by atoms with Crippen molar-refractivity contribution in [3.63, 3.8) is 0 Å². The average Bonchev–Trinajstić information content (AvgIpc) is 2.13. The van der Waals surface area contributed by atoms with E-state index < -0.39 is 0 Å². The van der Waals surface area contributed by atoms with Crippen molar-refractivity contribution in [3.8, 4) is 0 Å². The van der Waals surface area contributed by atoms with Gasteiger partial charge in [-0.15, -0.1) is 0 Å². The molecule has 0 radical (unpaired) electrons. The Morgan fingerprint density at radius 2 is 2.20 bits per heavy atom. The van der Waals surface area contributed by atoms with Crippen LogP contribution in [0.3, 0.4) is 0 Å². The first-order valence-corrected chi connectivity index (χ1v) is 3.53. The van der Waals surface area contributed by atoms with Crippen molar-refractivity contribution in [1.29, 1.82) is 0 Å². The van der Waals surface area contributed by atoms with Gasteiger partial charge in [-0.05, 0) is 6.92 Å². The predicted octanol–water partition coefficient (Wildman–Crippen LogP) is 1.51. The molecule has 56 valence electrons. The molecule has 1 aliphatic rings. The van der Waals surface area contributed by atoms with E-state index in [0.29, 0.717) is 5.92 Å². The van der Waals surface area contributed by atoms with Crippen molar-refractivity contribution in [3.05, 3.63) is 11.8 Å². The van der Waals surface area contributed by atoms with Crippen LogP contribution in [-0.4, -0.2) is 11.9 Å². The number of hydrogen-bond donors (Lipinski definition) is 0. The van der Waals surface area contributed by atoms with Gasteiger partial charge in [0.25, 0.3) is 0 Å². The van der Waals surface area contributed by atoms with E-state index in [0.717, 1.165) is 5.76 Å². The van der Waals surface area contributed by atoms with Crippen molar-refractivity contribution in [2.75, 3.05) is 0 Å². The predicted molar refractivity (Wildman–Crippen MR) is 38.5 cm³/mol. The van der Waals surface area contributed by atoms with Gasteiger partial charge in [-0.1, -0.05) is 13.8 Å². The molecule has 0 saturated heterocycles. The van der Waals surface area contributed by atoms with Crippen LogP contribution in [0.4, 0.5) is 0 Å². The molecule has 1 atom stereocenters. The van der Waals surface area contributed by atoms with E-state index in [4.69, 9.17) is 4.74 Å². The summed E-state index contributed by atoms with van der Waals surface area (Å²) in [5.74, 6) is 1.23. The van der Waals surface area contributed by atoms with Gasteiger partial charge in [0.15, 0.2) is 11.9 Å². The molecule has 1 rings (SSSR count). The van der Waals surface area contributed by atoms with Gasteiger partial charge >= 0.3 is 0 Å². The lowest BCUT2D eigenvalue weighted by Crippen LogP contribution is -2.10. The van der Waals surface area contributed by atoms with E-state index in [9.17, 15) is 4.79 Å². The number of carbonyl (C=O) groups excluding carboxylic acids is 1. The summed E-state index contributed by atoms with van der Waals surface area (Å²) < 4.78 is 5.25. The minimum atomic E-state index is -0.252. The van der Waals surface area contributed by atoms with Gasteiger partial charge in [0.1, 0.15) is 5.76 Å². The standard InChI is InChI=1S/C8H12O2/c1-5(2)8-4-7(9)6(3)10-8/h4-6H,1-3H3. The van der Waals surface area contributed by atoms with E-state index in [1.807, 2.05) is 13.8 Å². The van der Waals surface area contributed by atoms with Crippen molar-refractivity contribution in [2.24, 2.45) is 5.92 Å². The van der Waals surface area contributed by atoms with Crippen LogP contribution in [0, 0.1) is 5.92 Å². The van der Waals surface area contributed by atoms with Gasteiger partial charge in [0, 0.05) is 12.0 Å². The molecule has 0 aromatic rings. The van der Waals surface area contributed by atoms with Gasteiger partial charge in [0.05, 0.1) is 0 Å². The normalized spacial score (nSPS) is 25.0. The fraction of sp³-hybridized carbons (Fsp3) is 0.625. The van der Waals surface area contributed by atoms with Gasteiger partial charge in [-0.3, -0.25) is 4.79 Å². The van der Waals surface area contributed by atoms with Crippen LogP contribution < -0.4 is 0 Å². The molecule has 2 heteroatoms. The van der Waals surface area contributed by atoms with Crippen LogP contribution in [0.25, 0.3) is 0 Å². The maximum Gasteiger partial charge on any atom is 0.199 e. The van der Waals surface area contributed by atoms with Crippen molar-refractivity contribution < 1.29 is 9.53 Å². The molecule has 0 aromatic heterocycles. The van der Waals surface area contributed by atoms with E-state index in [1.54, 1.807) is 13.0 Å². The molecule has 0 N–H and O–H groups in total. The second kappa shape index (κ2) is 2.45. The quantitative estimate of drug-likeness (QED) is 0.552. The summed E-state index contributed by atoms with van der Waals surface area (Å²) in [6.45, 7) is 5.79. The Morgan fingerprint density at radius 3 is 2.40 bits per heavy atom. The monoisotopic (exact) mass is 140 g/mol. The first-order valence-electron chi connectivity index (χ1n) is 3.53. The summed E-state index contributed by atoms with van der Waals surface area (Å²) in [5, 5.41) is 0. The third kappa shape index (κ3) is 1.20. The highest BCUT2D eigenvalue weighted by molar-refractivity contribution is 5.95. The van der Waals surface area contributed by atoms with Crippen molar-refractivity contribution in [1.82, 2.24) is 0 Å². The minimum absolute atomic E-state index is 0.0868. The molecule has 1 unspecified atom stereocenters. The molecule has 0 bridgehead atoms. The van der Waals surface area contributed by atoms with Crippen molar-refractivity contribution in [2.45, 2.75) is 26.9 Å². The average molecular weight is 140 g/mol. The highest BCUT2D eigenvalue weighted by Crippen LogP contribution is 2.20. The second-order valence-electron chi connectivity index (χ2n) is 2.86. The molecule has 10 heavy (non-hydrogen) atoms. The minimum Gasteiger partial charge on any atom is -0.487 e. The summed E-state index contributed by atoms with van der Waals surface area (Å²) in [4.78, 5) is 10.9. The number of ether oxygens (including phenoxy) is 1. The molecule has 0 saturated carbocycles. The smallest absolute Gasteiger partial charge is 0.199 e. The van der Waals surface area contributed by atoms with Crippen LogP contribution in [0.5, 0.6) is 0 Å². The lowest BCUT2D eigenvalue weighted by Gasteiger charge is -2.08. The number of rotatable bonds is 1. The highest BCUT2D eigenvalue weighted by Gasteiger charge is 2.23. The fourth-order valence-electron chi connectivity index (χ4n) is 0.857. The van der Waals surface area contributed by atoms with Crippen molar-refractivity contribution >= 4 is 5.78 Å². The Kier molecular flexibility index (Phi) is 1.79. The zero-order chi connectivity index (χ0) is 7.72. The molecule has 2 nitrogen and oxygen atoms in total. The third-order valence-electron chi connectivity index (χ3n) is 1.57. The van der Waals surface area contributed by atoms with Gasteiger partial charge in [-0.2, -0.15) is 0 Å². The molecule has 1 heterocycles. The van der Waals surface area contributed by atoms with E-state index in [-0.39, 0.29) is 11.9 Å². The summed E-state index contributed by atoms with van der Waals surface area (Å²) in [7, 11) is 0. The number of hydrogen-bond acceptors (Lipinski definition) is 2. The summed E-state index contributed by atoms with van der Waals surface area (Å²) in [6.07, 6.45) is 1.34. The Bertz CT molecular complexity index is 180. The molecule has 0 aromatic carbocycles. The molecule has 0 spiro atoms. The van der Waals surface area contributed by atoms with Crippen LogP contribution in [0.2, 0.25) is 0 Å². The molecular formula is C8H12O2. The maximum atomic E-state index is 10.9. The third-order valence-corrected chi connectivity index (χ3v) is 1.57. The van der Waals surface area contributed by atoms with Gasteiger partial charge in [-0.25, -0.2) is 0 Å². The largest absolute Gasteiger partial charge is 0.487 e.